The number of halogens is 1. The van der Waals surface area contributed by atoms with Gasteiger partial charge in [0.2, 0.25) is 5.91 Å². The van der Waals surface area contributed by atoms with E-state index in [-0.39, 0.29) is 11.8 Å². The molecule has 0 radical (unpaired) electrons. The van der Waals surface area contributed by atoms with Gasteiger partial charge < -0.3 is 20.1 Å². The summed E-state index contributed by atoms with van der Waals surface area (Å²) in [5, 5.41) is 5.91. The van der Waals surface area contributed by atoms with Crippen molar-refractivity contribution >= 4 is 23.4 Å². The minimum absolute atomic E-state index is 0.237. The Balaban J connectivity index is 2.05. The van der Waals surface area contributed by atoms with Gasteiger partial charge in [0.05, 0.1) is 5.69 Å². The lowest BCUT2D eigenvalue weighted by atomic mass is 9.86. The number of carbonyl (C=O) groups excluding carboxylic acids is 2. The minimum atomic E-state index is -0.685. The second-order valence-electron chi connectivity index (χ2n) is 8.73. The van der Waals surface area contributed by atoms with Crippen LogP contribution in [-0.4, -0.2) is 57.9 Å². The van der Waals surface area contributed by atoms with Crippen LogP contribution in [0.2, 0.25) is 5.15 Å². The highest BCUT2D eigenvalue weighted by molar-refractivity contribution is 6.29. The van der Waals surface area contributed by atoms with E-state index < -0.39 is 11.5 Å². The number of rotatable bonds is 4. The number of amides is 2. The molecular formula is C21H29ClN6O2. The summed E-state index contributed by atoms with van der Waals surface area (Å²) in [4.78, 5) is 36.6. The maximum absolute atomic E-state index is 13.3. The summed E-state index contributed by atoms with van der Waals surface area (Å²) in [7, 11) is 3.59. The first-order valence-electron chi connectivity index (χ1n) is 10.0. The first-order valence-corrected chi connectivity index (χ1v) is 10.4. The Morgan fingerprint density at radius 1 is 1.27 bits per heavy atom. The van der Waals surface area contributed by atoms with Crippen LogP contribution in [0.15, 0.2) is 18.3 Å². The molecule has 2 aromatic rings. The number of pyridine rings is 1. The van der Waals surface area contributed by atoms with Crippen molar-refractivity contribution < 1.29 is 9.59 Å². The summed E-state index contributed by atoms with van der Waals surface area (Å²) in [6.45, 7) is 8.00. The first-order chi connectivity index (χ1) is 14.1. The Morgan fingerprint density at radius 2 is 2.00 bits per heavy atom. The van der Waals surface area contributed by atoms with Gasteiger partial charge in [-0.15, -0.1) is 0 Å². The lowest BCUT2D eigenvalue weighted by Crippen LogP contribution is -2.53. The topological polar surface area (TPSA) is 92.1 Å². The summed E-state index contributed by atoms with van der Waals surface area (Å²) in [6, 6.07) is 2.89. The largest absolute Gasteiger partial charge is 0.357 e. The molecule has 0 spiro atoms. The first kappa shape index (κ1) is 22.2. The molecule has 0 aliphatic carbocycles. The lowest BCUT2D eigenvalue weighted by molar-refractivity contribution is -0.124. The molecule has 3 rings (SSSR count). The number of likely N-dealkylation sites (N-methyl/N-ethyl adjacent to an activating group) is 1. The molecule has 9 heteroatoms. The molecule has 0 saturated carbocycles. The van der Waals surface area contributed by atoms with Crippen molar-refractivity contribution in [1.82, 2.24) is 30.1 Å². The molecule has 3 heterocycles. The van der Waals surface area contributed by atoms with Gasteiger partial charge >= 0.3 is 0 Å². The second kappa shape index (κ2) is 8.73. The van der Waals surface area contributed by atoms with E-state index in [4.69, 9.17) is 16.6 Å². The minimum Gasteiger partial charge on any atom is -0.357 e. The maximum atomic E-state index is 13.3. The highest BCUT2D eigenvalue weighted by Gasteiger charge is 2.34. The molecule has 1 atom stereocenters. The number of imidazole rings is 1. The molecule has 0 fully saturated rings. The number of nitrogens with zero attached hydrogens (tertiary/aromatic N) is 4. The Bertz CT molecular complexity index is 949. The van der Waals surface area contributed by atoms with Gasteiger partial charge in [0.25, 0.3) is 5.91 Å². The zero-order chi connectivity index (χ0) is 22.1. The van der Waals surface area contributed by atoms with E-state index in [9.17, 15) is 9.59 Å². The fraction of sp³-hybridized carbons (Fsp3) is 0.524. The Hall–Kier alpha value is -2.45. The maximum Gasteiger partial charge on any atom is 0.272 e. The third-order valence-corrected chi connectivity index (χ3v) is 5.47. The fourth-order valence-corrected chi connectivity index (χ4v) is 3.86. The van der Waals surface area contributed by atoms with Crippen LogP contribution in [0.5, 0.6) is 0 Å². The van der Waals surface area contributed by atoms with Gasteiger partial charge in [-0.2, -0.15) is 0 Å². The monoisotopic (exact) mass is 432 g/mol. The summed E-state index contributed by atoms with van der Waals surface area (Å²) in [5.74, 6) is 0.0883. The van der Waals surface area contributed by atoms with Crippen molar-refractivity contribution in [3.8, 4) is 11.4 Å². The third kappa shape index (κ3) is 4.65. The lowest BCUT2D eigenvalue weighted by Gasteiger charge is -2.29. The Kier molecular flexibility index (Phi) is 6.47. The second-order valence-corrected chi connectivity index (χ2v) is 9.11. The van der Waals surface area contributed by atoms with Crippen LogP contribution in [0.3, 0.4) is 0 Å². The average molecular weight is 433 g/mol. The number of fused-ring (bicyclic) bond motifs is 1. The van der Waals surface area contributed by atoms with Crippen molar-refractivity contribution in [3.05, 3.63) is 34.9 Å². The predicted octanol–water partition coefficient (Wildman–Crippen LogP) is 2.32. The summed E-state index contributed by atoms with van der Waals surface area (Å²) in [5.41, 5.74) is 1.52. The molecule has 2 aromatic heterocycles. The van der Waals surface area contributed by atoms with Crippen LogP contribution in [0.4, 0.5) is 0 Å². The predicted molar refractivity (Wildman–Crippen MR) is 116 cm³/mol. The van der Waals surface area contributed by atoms with Crippen molar-refractivity contribution in [2.45, 2.75) is 46.3 Å². The van der Waals surface area contributed by atoms with E-state index in [1.165, 1.54) is 0 Å². The van der Waals surface area contributed by atoms with Crippen LogP contribution in [0.25, 0.3) is 11.4 Å². The summed E-state index contributed by atoms with van der Waals surface area (Å²) >= 11 is 6.09. The van der Waals surface area contributed by atoms with Gasteiger partial charge in [0.15, 0.2) is 5.69 Å². The van der Waals surface area contributed by atoms with E-state index in [2.05, 4.69) is 25.1 Å². The van der Waals surface area contributed by atoms with E-state index in [0.29, 0.717) is 23.2 Å². The number of hydrogen-bond acceptors (Lipinski definition) is 5. The quantitative estimate of drug-likeness (QED) is 0.723. The molecule has 0 bridgehead atoms. The number of carbonyl (C=O) groups is 2. The van der Waals surface area contributed by atoms with Crippen LogP contribution < -0.4 is 10.6 Å². The molecule has 0 unspecified atom stereocenters. The van der Waals surface area contributed by atoms with Crippen molar-refractivity contribution in [1.29, 1.82) is 0 Å². The van der Waals surface area contributed by atoms with Gasteiger partial charge in [0, 0.05) is 31.9 Å². The number of aromatic nitrogens is 3. The van der Waals surface area contributed by atoms with Gasteiger partial charge in [-0.25, -0.2) is 9.97 Å². The highest BCUT2D eigenvalue weighted by Crippen LogP contribution is 2.28. The van der Waals surface area contributed by atoms with E-state index >= 15 is 0 Å². The molecule has 0 saturated heterocycles. The van der Waals surface area contributed by atoms with Crippen LogP contribution in [-0.2, 0) is 17.9 Å². The summed E-state index contributed by atoms with van der Waals surface area (Å²) in [6.07, 6.45) is 2.57. The fourth-order valence-electron chi connectivity index (χ4n) is 3.68. The molecule has 1 aliphatic rings. The SMILES string of the molecule is CNC(=O)[C@@H](NC(=O)c1nc(-c2ccnc(Cl)c2)n2c1CN(C)CCC2)C(C)(C)C. The molecule has 8 nitrogen and oxygen atoms in total. The molecular weight excluding hydrogens is 404 g/mol. The van der Waals surface area contributed by atoms with Gasteiger partial charge in [0.1, 0.15) is 17.0 Å². The van der Waals surface area contributed by atoms with Crippen molar-refractivity contribution in [2.75, 3.05) is 20.6 Å². The molecule has 30 heavy (non-hydrogen) atoms. The Labute approximate surface area is 182 Å². The molecule has 2 N–H and O–H groups in total. The molecule has 162 valence electrons. The van der Waals surface area contributed by atoms with E-state index in [0.717, 1.165) is 30.8 Å². The zero-order valence-electron chi connectivity index (χ0n) is 18.1. The number of nitrogens with one attached hydrogen (secondary N) is 2. The normalized spacial score (nSPS) is 15.8. The van der Waals surface area contributed by atoms with E-state index in [1.54, 1.807) is 19.3 Å². The van der Waals surface area contributed by atoms with Gasteiger partial charge in [-0.3, -0.25) is 9.59 Å². The average Bonchev–Trinajstić information content (AvgIpc) is 2.91. The standard InChI is InChI=1S/C21H29ClN6O2/c1-21(2,3)17(20(30)23-4)26-19(29)16-14-12-27(5)9-6-10-28(14)18(25-16)13-7-8-24-15(22)11-13/h7-8,11,17H,6,9-10,12H2,1-5H3,(H,23,30)(H,26,29)/t17-/m1/s1. The third-order valence-electron chi connectivity index (χ3n) is 5.26. The molecule has 2 amide bonds. The van der Waals surface area contributed by atoms with Crippen molar-refractivity contribution in [3.63, 3.8) is 0 Å². The number of hydrogen-bond donors (Lipinski definition) is 2. The van der Waals surface area contributed by atoms with Gasteiger partial charge in [-0.1, -0.05) is 32.4 Å². The smallest absolute Gasteiger partial charge is 0.272 e. The Morgan fingerprint density at radius 3 is 2.63 bits per heavy atom. The molecule has 1 aliphatic heterocycles. The molecule has 0 aromatic carbocycles. The highest BCUT2D eigenvalue weighted by atomic mass is 35.5. The van der Waals surface area contributed by atoms with Crippen LogP contribution >= 0.6 is 11.6 Å². The zero-order valence-corrected chi connectivity index (χ0v) is 18.9. The van der Waals surface area contributed by atoms with Crippen LogP contribution in [0.1, 0.15) is 43.4 Å². The van der Waals surface area contributed by atoms with Crippen LogP contribution in [0, 0.1) is 5.41 Å². The van der Waals surface area contributed by atoms with Crippen molar-refractivity contribution in [2.24, 2.45) is 5.41 Å². The van der Waals surface area contributed by atoms with Gasteiger partial charge in [-0.05, 0) is 37.6 Å². The summed E-state index contributed by atoms with van der Waals surface area (Å²) < 4.78 is 2.08. The van der Waals surface area contributed by atoms with E-state index in [1.807, 2.05) is 33.9 Å².